The van der Waals surface area contributed by atoms with Gasteiger partial charge >= 0.3 is 5.97 Å². The number of carbonyl (C=O) groups is 1. The first-order valence-electron chi connectivity index (χ1n) is 11.2. The molecule has 0 saturated heterocycles. The van der Waals surface area contributed by atoms with Crippen LogP contribution in [0.25, 0.3) is 0 Å². The van der Waals surface area contributed by atoms with Gasteiger partial charge in [-0.1, -0.05) is 83.1 Å². The van der Waals surface area contributed by atoms with E-state index in [4.69, 9.17) is 4.74 Å². The van der Waals surface area contributed by atoms with Gasteiger partial charge in [0.25, 0.3) is 0 Å². The number of esters is 1. The Balaban J connectivity index is 2.03. The summed E-state index contributed by atoms with van der Waals surface area (Å²) < 4.78 is 5.23. The zero-order valence-electron chi connectivity index (χ0n) is 17.0. The van der Waals surface area contributed by atoms with E-state index in [-0.39, 0.29) is 5.97 Å². The van der Waals surface area contributed by atoms with Crippen molar-refractivity contribution in [2.24, 2.45) is 0 Å². The van der Waals surface area contributed by atoms with Crippen LogP contribution >= 0.6 is 0 Å². The average molecular weight is 351 g/mol. The lowest BCUT2D eigenvalue weighted by molar-refractivity contribution is -0.138. The molecule has 1 rings (SSSR count). The summed E-state index contributed by atoms with van der Waals surface area (Å²) in [5.41, 5.74) is 2.41. The van der Waals surface area contributed by atoms with Crippen LogP contribution in [0.5, 0.6) is 0 Å². The van der Waals surface area contributed by atoms with Gasteiger partial charge in [-0.15, -0.1) is 0 Å². The first-order valence-corrected chi connectivity index (χ1v) is 11.2. The molecule has 146 valence electrons. The summed E-state index contributed by atoms with van der Waals surface area (Å²) in [5.74, 6) is -0.0452. The lowest BCUT2D eigenvalue weighted by Crippen LogP contribution is -2.13. The number of hydrogen-bond acceptors (Lipinski definition) is 2. The van der Waals surface area contributed by atoms with Gasteiger partial charge in [0.05, 0.1) is 6.61 Å². The Kier molecular flexibility index (Phi) is 13.8. The number of allylic oxidation sites excluding steroid dienone is 1. The fourth-order valence-electron chi connectivity index (χ4n) is 3.89. The molecular weight excluding hydrogens is 308 g/mol. The van der Waals surface area contributed by atoms with Gasteiger partial charge in [0.15, 0.2) is 0 Å². The molecule has 25 heavy (non-hydrogen) atoms. The highest BCUT2D eigenvalue weighted by Gasteiger charge is 2.19. The summed E-state index contributed by atoms with van der Waals surface area (Å²) in [5, 5.41) is 0. The van der Waals surface area contributed by atoms with Crippen LogP contribution in [0, 0.1) is 0 Å². The average Bonchev–Trinajstić information content (AvgIpc) is 2.63. The molecule has 0 aromatic carbocycles. The molecule has 2 nitrogen and oxygen atoms in total. The summed E-state index contributed by atoms with van der Waals surface area (Å²) in [6.07, 6.45) is 22.2. The second kappa shape index (κ2) is 15.5. The van der Waals surface area contributed by atoms with E-state index in [2.05, 4.69) is 6.92 Å². The molecule has 0 atom stereocenters. The Morgan fingerprint density at radius 3 is 1.84 bits per heavy atom. The summed E-state index contributed by atoms with van der Waals surface area (Å²) in [6, 6.07) is 0. The van der Waals surface area contributed by atoms with Crippen molar-refractivity contribution < 1.29 is 9.53 Å². The molecular formula is C23H42O2. The third kappa shape index (κ3) is 10.7. The van der Waals surface area contributed by atoms with Gasteiger partial charge in [-0.2, -0.15) is 0 Å². The molecule has 0 amide bonds. The van der Waals surface area contributed by atoms with Crippen molar-refractivity contribution in [3.8, 4) is 0 Å². The molecule has 2 heteroatoms. The van der Waals surface area contributed by atoms with Crippen LogP contribution in [0.2, 0.25) is 0 Å². The molecule has 0 aromatic heterocycles. The van der Waals surface area contributed by atoms with Crippen molar-refractivity contribution >= 4 is 5.97 Å². The Hall–Kier alpha value is -0.790. The van der Waals surface area contributed by atoms with Crippen LogP contribution in [0.3, 0.4) is 0 Å². The maximum absolute atomic E-state index is 12.0. The van der Waals surface area contributed by atoms with E-state index in [1.54, 1.807) is 0 Å². The van der Waals surface area contributed by atoms with Gasteiger partial charge in [-0.05, 0) is 45.4 Å². The molecule has 0 radical (unpaired) electrons. The lowest BCUT2D eigenvalue weighted by Gasteiger charge is -2.19. The maximum Gasteiger partial charge on any atom is 0.333 e. The Morgan fingerprint density at radius 2 is 1.28 bits per heavy atom. The highest BCUT2D eigenvalue weighted by Crippen LogP contribution is 2.29. The minimum atomic E-state index is -0.0452. The maximum atomic E-state index is 12.0. The van der Waals surface area contributed by atoms with Crippen LogP contribution in [-0.2, 0) is 9.53 Å². The number of hydrogen-bond donors (Lipinski definition) is 0. The van der Waals surface area contributed by atoms with Crippen molar-refractivity contribution in [3.63, 3.8) is 0 Å². The van der Waals surface area contributed by atoms with E-state index in [1.165, 1.54) is 89.0 Å². The quantitative estimate of drug-likeness (QED) is 0.225. The van der Waals surface area contributed by atoms with Crippen LogP contribution in [0.4, 0.5) is 0 Å². The first-order chi connectivity index (χ1) is 12.3. The van der Waals surface area contributed by atoms with Gasteiger partial charge in [-0.3, -0.25) is 0 Å². The van der Waals surface area contributed by atoms with E-state index in [0.29, 0.717) is 6.61 Å². The Labute approximate surface area is 156 Å². The molecule has 0 saturated carbocycles. The molecule has 0 aliphatic heterocycles. The zero-order chi connectivity index (χ0) is 18.2. The van der Waals surface area contributed by atoms with Crippen LogP contribution in [0.1, 0.15) is 123 Å². The normalized spacial score (nSPS) is 14.8. The highest BCUT2D eigenvalue weighted by molar-refractivity contribution is 5.89. The summed E-state index contributed by atoms with van der Waals surface area (Å²) in [7, 11) is 0. The molecule has 0 heterocycles. The van der Waals surface area contributed by atoms with Crippen molar-refractivity contribution in [1.82, 2.24) is 0 Å². The molecule has 0 bridgehead atoms. The second-order valence-corrected chi connectivity index (χ2v) is 7.65. The fraction of sp³-hybridized carbons (Fsp3) is 0.870. The number of carbonyl (C=O) groups excluding carboxylic acids is 1. The zero-order valence-corrected chi connectivity index (χ0v) is 17.0. The molecule has 1 aliphatic rings. The summed E-state index contributed by atoms with van der Waals surface area (Å²) >= 11 is 0. The first kappa shape index (κ1) is 22.3. The molecule has 0 N–H and O–H groups in total. The smallest absolute Gasteiger partial charge is 0.333 e. The predicted octanol–water partition coefficient (Wildman–Crippen LogP) is 7.51. The minimum Gasteiger partial charge on any atom is -0.463 e. The lowest BCUT2D eigenvalue weighted by atomic mass is 9.88. The van der Waals surface area contributed by atoms with Gasteiger partial charge in [-0.25, -0.2) is 4.79 Å². The SMILES string of the molecule is CCCCCCCCCCCCCCC1=C(C(=O)OCC)CCCC1. The van der Waals surface area contributed by atoms with Gasteiger partial charge in [0.1, 0.15) is 0 Å². The summed E-state index contributed by atoms with van der Waals surface area (Å²) in [4.78, 5) is 12.0. The molecule has 0 unspecified atom stereocenters. The monoisotopic (exact) mass is 350 g/mol. The highest BCUT2D eigenvalue weighted by atomic mass is 16.5. The molecule has 1 aliphatic carbocycles. The van der Waals surface area contributed by atoms with Crippen molar-refractivity contribution in [2.75, 3.05) is 6.61 Å². The molecule has 0 aromatic rings. The third-order valence-electron chi connectivity index (χ3n) is 5.44. The van der Waals surface area contributed by atoms with Crippen LogP contribution in [-0.4, -0.2) is 12.6 Å². The van der Waals surface area contributed by atoms with Crippen molar-refractivity contribution in [1.29, 1.82) is 0 Å². The number of rotatable bonds is 15. The van der Waals surface area contributed by atoms with Gasteiger partial charge in [0.2, 0.25) is 0 Å². The van der Waals surface area contributed by atoms with Gasteiger partial charge < -0.3 is 4.74 Å². The second-order valence-electron chi connectivity index (χ2n) is 7.65. The molecule has 0 fully saturated rings. The van der Waals surface area contributed by atoms with Gasteiger partial charge in [0, 0.05) is 5.57 Å². The Bertz CT molecular complexity index is 370. The number of unbranched alkanes of at least 4 members (excludes halogenated alkanes) is 11. The predicted molar refractivity (Wildman–Crippen MR) is 108 cm³/mol. The topological polar surface area (TPSA) is 26.3 Å². The third-order valence-corrected chi connectivity index (χ3v) is 5.44. The van der Waals surface area contributed by atoms with Crippen molar-refractivity contribution in [3.05, 3.63) is 11.1 Å². The molecule has 0 spiro atoms. The van der Waals surface area contributed by atoms with Crippen LogP contribution < -0.4 is 0 Å². The van der Waals surface area contributed by atoms with Crippen molar-refractivity contribution in [2.45, 2.75) is 123 Å². The van der Waals surface area contributed by atoms with E-state index in [1.807, 2.05) is 6.92 Å². The Morgan fingerprint density at radius 1 is 0.760 bits per heavy atom. The largest absolute Gasteiger partial charge is 0.463 e. The standard InChI is InChI=1S/C23H42O2/c1-3-5-6-7-8-9-10-11-12-13-14-15-18-21-19-16-17-20-22(21)23(24)25-4-2/h3-20H2,1-2H3. The summed E-state index contributed by atoms with van der Waals surface area (Å²) in [6.45, 7) is 4.67. The van der Waals surface area contributed by atoms with E-state index >= 15 is 0 Å². The van der Waals surface area contributed by atoms with E-state index in [0.717, 1.165) is 31.3 Å². The van der Waals surface area contributed by atoms with Crippen LogP contribution in [0.15, 0.2) is 11.1 Å². The fourth-order valence-corrected chi connectivity index (χ4v) is 3.89. The van der Waals surface area contributed by atoms with E-state index < -0.39 is 0 Å². The van der Waals surface area contributed by atoms with E-state index in [9.17, 15) is 4.79 Å². The minimum absolute atomic E-state index is 0.0452. The number of ether oxygens (including phenoxy) is 1.